The van der Waals surface area contributed by atoms with E-state index in [1.165, 1.54) is 5.56 Å². The van der Waals surface area contributed by atoms with Crippen LogP contribution in [0.5, 0.6) is 0 Å². The van der Waals surface area contributed by atoms with Crippen LogP contribution in [0.15, 0.2) is 46.9 Å². The number of thiophene rings is 1. The SMILES string of the molecule is CCc1ccc([C@H](NC(=O)C2=NNC(=O)CC2)c2cccs2)cc1. The van der Waals surface area contributed by atoms with Crippen molar-refractivity contribution in [2.45, 2.75) is 32.2 Å². The van der Waals surface area contributed by atoms with Gasteiger partial charge < -0.3 is 5.32 Å². The molecule has 5 nitrogen and oxygen atoms in total. The standard InChI is InChI=1S/C18H19N3O2S/c1-2-12-5-7-13(8-6-12)17(15-4-3-11-24-15)19-18(23)14-9-10-16(22)21-20-14/h3-8,11,17H,2,9-10H2,1H3,(H,19,23)(H,21,22)/t17-/m0/s1. The summed E-state index contributed by atoms with van der Waals surface area (Å²) in [4.78, 5) is 24.8. The van der Waals surface area contributed by atoms with Crippen molar-refractivity contribution in [2.24, 2.45) is 5.10 Å². The fourth-order valence-corrected chi connectivity index (χ4v) is 3.37. The molecule has 1 aromatic heterocycles. The van der Waals surface area contributed by atoms with Crippen LogP contribution >= 0.6 is 11.3 Å². The Balaban J connectivity index is 1.83. The van der Waals surface area contributed by atoms with Crippen LogP contribution in [0.2, 0.25) is 0 Å². The van der Waals surface area contributed by atoms with Crippen LogP contribution in [0, 0.1) is 0 Å². The third-order valence-electron chi connectivity index (χ3n) is 3.99. The largest absolute Gasteiger partial charge is 0.339 e. The molecular formula is C18H19N3O2S. The van der Waals surface area contributed by atoms with E-state index in [1.807, 2.05) is 29.6 Å². The number of nitrogens with zero attached hydrogens (tertiary/aromatic N) is 1. The van der Waals surface area contributed by atoms with Gasteiger partial charge in [-0.2, -0.15) is 5.10 Å². The van der Waals surface area contributed by atoms with E-state index in [0.717, 1.165) is 16.9 Å². The highest BCUT2D eigenvalue weighted by atomic mass is 32.1. The average molecular weight is 341 g/mol. The molecule has 0 bridgehead atoms. The van der Waals surface area contributed by atoms with Crippen LogP contribution in [0.3, 0.4) is 0 Å². The Morgan fingerprint density at radius 2 is 2.08 bits per heavy atom. The van der Waals surface area contributed by atoms with E-state index in [0.29, 0.717) is 18.6 Å². The van der Waals surface area contributed by atoms with Gasteiger partial charge in [0.25, 0.3) is 5.91 Å². The van der Waals surface area contributed by atoms with Crippen molar-refractivity contribution >= 4 is 28.9 Å². The number of aryl methyl sites for hydroxylation is 1. The van der Waals surface area contributed by atoms with Gasteiger partial charge in [0.1, 0.15) is 5.71 Å². The summed E-state index contributed by atoms with van der Waals surface area (Å²) in [6.45, 7) is 2.11. The first-order chi connectivity index (χ1) is 11.7. The predicted octanol–water partition coefficient (Wildman–Crippen LogP) is 2.78. The zero-order valence-electron chi connectivity index (χ0n) is 13.4. The molecule has 6 heteroatoms. The van der Waals surface area contributed by atoms with E-state index in [1.54, 1.807) is 11.3 Å². The average Bonchev–Trinajstić information content (AvgIpc) is 3.14. The highest BCUT2D eigenvalue weighted by Gasteiger charge is 2.23. The summed E-state index contributed by atoms with van der Waals surface area (Å²) >= 11 is 1.60. The van der Waals surface area contributed by atoms with E-state index in [-0.39, 0.29) is 17.9 Å². The number of nitrogens with one attached hydrogen (secondary N) is 2. The van der Waals surface area contributed by atoms with Crippen molar-refractivity contribution in [1.29, 1.82) is 0 Å². The zero-order valence-corrected chi connectivity index (χ0v) is 14.2. The Morgan fingerprint density at radius 1 is 1.29 bits per heavy atom. The fourth-order valence-electron chi connectivity index (χ4n) is 2.57. The van der Waals surface area contributed by atoms with Crippen LogP contribution in [-0.2, 0) is 16.0 Å². The number of hydrazone groups is 1. The highest BCUT2D eigenvalue weighted by Crippen LogP contribution is 2.26. The van der Waals surface area contributed by atoms with Gasteiger partial charge in [0.05, 0.1) is 6.04 Å². The lowest BCUT2D eigenvalue weighted by atomic mass is 10.0. The summed E-state index contributed by atoms with van der Waals surface area (Å²) in [7, 11) is 0. The molecule has 1 atom stereocenters. The minimum Gasteiger partial charge on any atom is -0.339 e. The summed E-state index contributed by atoms with van der Waals surface area (Å²) in [6, 6.07) is 12.0. The molecular weight excluding hydrogens is 322 g/mol. The van der Waals surface area contributed by atoms with Crippen molar-refractivity contribution in [3.05, 3.63) is 57.8 Å². The van der Waals surface area contributed by atoms with E-state index < -0.39 is 0 Å². The topological polar surface area (TPSA) is 70.6 Å². The van der Waals surface area contributed by atoms with Gasteiger partial charge in [-0.25, -0.2) is 5.43 Å². The lowest BCUT2D eigenvalue weighted by molar-refractivity contribution is -0.121. The van der Waals surface area contributed by atoms with E-state index in [2.05, 4.69) is 34.9 Å². The Kier molecular flexibility index (Phi) is 5.05. The van der Waals surface area contributed by atoms with Crippen LogP contribution in [0.4, 0.5) is 0 Å². The molecule has 2 aromatic rings. The van der Waals surface area contributed by atoms with Crippen LogP contribution in [0.25, 0.3) is 0 Å². The summed E-state index contributed by atoms with van der Waals surface area (Å²) in [5.74, 6) is -0.399. The maximum atomic E-state index is 12.5. The predicted molar refractivity (Wildman–Crippen MR) is 94.9 cm³/mol. The number of amides is 2. The zero-order chi connectivity index (χ0) is 16.9. The number of hydrogen-bond acceptors (Lipinski definition) is 4. The lowest BCUT2D eigenvalue weighted by Gasteiger charge is -2.20. The number of hydrogen-bond donors (Lipinski definition) is 2. The number of carbonyl (C=O) groups is 2. The van der Waals surface area contributed by atoms with E-state index >= 15 is 0 Å². The summed E-state index contributed by atoms with van der Waals surface area (Å²) in [6.07, 6.45) is 1.64. The molecule has 2 heterocycles. The van der Waals surface area contributed by atoms with Crippen molar-refractivity contribution in [3.8, 4) is 0 Å². The second-order valence-corrected chi connectivity index (χ2v) is 6.59. The molecule has 3 rings (SSSR count). The van der Waals surface area contributed by atoms with Crippen molar-refractivity contribution in [1.82, 2.24) is 10.7 Å². The molecule has 0 saturated carbocycles. The summed E-state index contributed by atoms with van der Waals surface area (Å²) < 4.78 is 0. The molecule has 0 unspecified atom stereocenters. The Labute approximate surface area is 144 Å². The second kappa shape index (κ2) is 7.40. The first-order valence-corrected chi connectivity index (χ1v) is 8.84. The molecule has 0 saturated heterocycles. The van der Waals surface area contributed by atoms with Gasteiger partial charge in [-0.05, 0) is 29.0 Å². The van der Waals surface area contributed by atoms with Crippen molar-refractivity contribution in [2.75, 3.05) is 0 Å². The molecule has 124 valence electrons. The molecule has 2 N–H and O–H groups in total. The fraction of sp³-hybridized carbons (Fsp3) is 0.278. The highest BCUT2D eigenvalue weighted by molar-refractivity contribution is 7.10. The maximum Gasteiger partial charge on any atom is 0.268 e. The first kappa shape index (κ1) is 16.4. The van der Waals surface area contributed by atoms with Crippen molar-refractivity contribution < 1.29 is 9.59 Å². The molecule has 0 fully saturated rings. The Morgan fingerprint density at radius 3 is 2.67 bits per heavy atom. The monoisotopic (exact) mass is 341 g/mol. The third-order valence-corrected chi connectivity index (χ3v) is 4.93. The summed E-state index contributed by atoms with van der Waals surface area (Å²) in [5, 5.41) is 8.91. The van der Waals surface area contributed by atoms with E-state index in [4.69, 9.17) is 0 Å². The maximum absolute atomic E-state index is 12.5. The number of carbonyl (C=O) groups excluding carboxylic acids is 2. The molecule has 1 aromatic carbocycles. The molecule has 1 aliphatic heterocycles. The number of rotatable bonds is 5. The Hall–Kier alpha value is -2.47. The molecule has 0 aliphatic carbocycles. The van der Waals surface area contributed by atoms with Gasteiger partial charge in [-0.1, -0.05) is 37.3 Å². The van der Waals surface area contributed by atoms with Gasteiger partial charge in [-0.15, -0.1) is 11.3 Å². The molecule has 24 heavy (non-hydrogen) atoms. The normalized spacial score (nSPS) is 15.4. The van der Waals surface area contributed by atoms with Crippen molar-refractivity contribution in [3.63, 3.8) is 0 Å². The first-order valence-electron chi connectivity index (χ1n) is 7.96. The Bertz CT molecular complexity index is 751. The smallest absolute Gasteiger partial charge is 0.268 e. The number of benzene rings is 1. The van der Waals surface area contributed by atoms with Crippen LogP contribution < -0.4 is 10.7 Å². The molecule has 0 radical (unpaired) electrons. The van der Waals surface area contributed by atoms with E-state index in [9.17, 15) is 9.59 Å². The van der Waals surface area contributed by atoms with Gasteiger partial charge in [0.2, 0.25) is 5.91 Å². The van der Waals surface area contributed by atoms with Gasteiger partial charge in [0.15, 0.2) is 0 Å². The van der Waals surface area contributed by atoms with Gasteiger partial charge >= 0.3 is 0 Å². The molecule has 0 spiro atoms. The van der Waals surface area contributed by atoms with Gasteiger partial charge in [0, 0.05) is 17.7 Å². The van der Waals surface area contributed by atoms with Crippen LogP contribution in [0.1, 0.15) is 41.8 Å². The minimum atomic E-state index is -0.243. The second-order valence-electron chi connectivity index (χ2n) is 5.61. The quantitative estimate of drug-likeness (QED) is 0.878. The molecule has 1 aliphatic rings. The van der Waals surface area contributed by atoms with Gasteiger partial charge in [-0.3, -0.25) is 9.59 Å². The minimum absolute atomic E-state index is 0.156. The lowest BCUT2D eigenvalue weighted by Crippen LogP contribution is -2.38. The van der Waals surface area contributed by atoms with Crippen LogP contribution in [-0.4, -0.2) is 17.5 Å². The molecule has 2 amide bonds. The summed E-state index contributed by atoms with van der Waals surface area (Å²) in [5.41, 5.74) is 5.02. The third kappa shape index (κ3) is 3.71.